The van der Waals surface area contributed by atoms with Gasteiger partial charge in [-0.15, -0.1) is 10.2 Å². The Balaban J connectivity index is 1.41. The van der Waals surface area contributed by atoms with Gasteiger partial charge in [-0.3, -0.25) is 0 Å². The Kier molecular flexibility index (Phi) is 5.39. The number of alkyl halides is 3. The first-order chi connectivity index (χ1) is 16.1. The first-order valence-electron chi connectivity index (χ1n) is 11.4. The lowest BCUT2D eigenvalue weighted by Gasteiger charge is -2.52. The van der Waals surface area contributed by atoms with Gasteiger partial charge in [0.05, 0.1) is 16.2 Å². The summed E-state index contributed by atoms with van der Waals surface area (Å²) in [7, 11) is -1.66. The Morgan fingerprint density at radius 2 is 1.47 bits per heavy atom. The Bertz CT molecular complexity index is 1290. The first kappa shape index (κ1) is 23.1. The summed E-state index contributed by atoms with van der Waals surface area (Å²) in [5.41, 5.74) is -1.26. The summed E-state index contributed by atoms with van der Waals surface area (Å²) >= 11 is 0. The van der Waals surface area contributed by atoms with Crippen molar-refractivity contribution >= 4 is 9.84 Å². The lowest BCUT2D eigenvalue weighted by atomic mass is 9.54. The molecule has 0 N–H and O–H groups in total. The average Bonchev–Trinajstić information content (AvgIpc) is 3.22. The highest BCUT2D eigenvalue weighted by Gasteiger charge is 2.53. The molecule has 3 aliphatic carbocycles. The van der Waals surface area contributed by atoms with Crippen LogP contribution < -0.4 is 0 Å². The van der Waals surface area contributed by atoms with Crippen molar-refractivity contribution in [2.75, 3.05) is 5.75 Å². The molecule has 2 bridgehead atoms. The van der Waals surface area contributed by atoms with Crippen LogP contribution in [0.2, 0.25) is 0 Å². The van der Waals surface area contributed by atoms with Gasteiger partial charge in [-0.05, 0) is 62.1 Å². The summed E-state index contributed by atoms with van der Waals surface area (Å²) in [6.45, 7) is 0. The topological polar surface area (TPSA) is 64.8 Å². The molecule has 5 nitrogen and oxygen atoms in total. The Labute approximate surface area is 196 Å². The minimum Gasteiger partial charge on any atom is -0.314 e. The largest absolute Gasteiger partial charge is 0.417 e. The van der Waals surface area contributed by atoms with E-state index in [-0.39, 0.29) is 28.0 Å². The predicted octanol–water partition coefficient (Wildman–Crippen LogP) is 5.57. The summed E-state index contributed by atoms with van der Waals surface area (Å²) in [5, 5.41) is 8.56. The van der Waals surface area contributed by atoms with Crippen LogP contribution in [-0.2, 0) is 28.5 Å². The quantitative estimate of drug-likeness (QED) is 0.470. The summed E-state index contributed by atoms with van der Waals surface area (Å²) in [6.07, 6.45) is 0.0281. The minimum atomic E-state index is -4.49. The maximum absolute atomic E-state index is 13.6. The fourth-order valence-electron chi connectivity index (χ4n) is 5.88. The molecule has 3 aromatic rings. The molecular weight excluding hydrogens is 463 g/mol. The molecule has 180 valence electrons. The second-order valence-corrected chi connectivity index (χ2v) is 11.8. The fraction of sp³-hybridized carbons (Fsp3) is 0.440. The summed E-state index contributed by atoms with van der Waals surface area (Å²) in [6, 6.07) is 14.0. The van der Waals surface area contributed by atoms with E-state index in [4.69, 9.17) is 0 Å². The van der Waals surface area contributed by atoms with Crippen LogP contribution in [0.25, 0.3) is 11.4 Å². The number of hydrogen-bond acceptors (Lipinski definition) is 4. The van der Waals surface area contributed by atoms with Gasteiger partial charge < -0.3 is 4.57 Å². The van der Waals surface area contributed by atoms with E-state index < -0.39 is 21.6 Å². The number of rotatable bonds is 5. The molecule has 1 aromatic heterocycles. The van der Waals surface area contributed by atoms with Gasteiger partial charge in [-0.1, -0.05) is 36.4 Å². The van der Waals surface area contributed by atoms with Gasteiger partial charge in [0.15, 0.2) is 15.7 Å². The minimum absolute atomic E-state index is 0.0163. The molecule has 0 aliphatic heterocycles. The van der Waals surface area contributed by atoms with Crippen molar-refractivity contribution in [1.29, 1.82) is 0 Å². The molecule has 34 heavy (non-hydrogen) atoms. The maximum atomic E-state index is 13.6. The van der Waals surface area contributed by atoms with E-state index >= 15 is 0 Å². The summed E-state index contributed by atoms with van der Waals surface area (Å²) < 4.78 is 68.5. The van der Waals surface area contributed by atoms with Crippen molar-refractivity contribution < 1.29 is 21.6 Å². The molecule has 6 rings (SSSR count). The zero-order chi connectivity index (χ0) is 24.2. The van der Waals surface area contributed by atoms with Gasteiger partial charge >= 0.3 is 6.18 Å². The van der Waals surface area contributed by atoms with Gasteiger partial charge in [0.2, 0.25) is 0 Å². The second kappa shape index (κ2) is 7.93. The standard InChI is InChI=1S/C25H26F3N3O2S/c1-31-21(19-9-5-6-10-20(19)25(26,27)28)29-30-22(31)24-14-11-23(12-15-24,13-16-24)17-34(32,33)18-7-3-2-4-8-18/h2-10H,11-17H2,1H3. The van der Waals surface area contributed by atoms with Crippen molar-refractivity contribution in [3.8, 4) is 11.4 Å². The van der Waals surface area contributed by atoms with Crippen molar-refractivity contribution in [3.63, 3.8) is 0 Å². The number of sulfone groups is 1. The number of aromatic nitrogens is 3. The van der Waals surface area contributed by atoms with E-state index in [2.05, 4.69) is 10.2 Å². The van der Waals surface area contributed by atoms with Crippen molar-refractivity contribution in [1.82, 2.24) is 14.8 Å². The van der Waals surface area contributed by atoms with E-state index in [1.807, 2.05) is 0 Å². The number of hydrogen-bond donors (Lipinski definition) is 0. The van der Waals surface area contributed by atoms with Crippen molar-refractivity contribution in [3.05, 3.63) is 66.0 Å². The molecule has 0 spiro atoms. The van der Waals surface area contributed by atoms with Gasteiger partial charge in [0.25, 0.3) is 0 Å². The lowest BCUT2D eigenvalue weighted by molar-refractivity contribution is -0.137. The normalized spacial score (nSPS) is 24.9. The van der Waals surface area contributed by atoms with E-state index in [1.165, 1.54) is 12.1 Å². The molecule has 2 aromatic carbocycles. The Morgan fingerprint density at radius 3 is 2.09 bits per heavy atom. The highest BCUT2D eigenvalue weighted by molar-refractivity contribution is 7.91. The predicted molar refractivity (Wildman–Crippen MR) is 122 cm³/mol. The van der Waals surface area contributed by atoms with E-state index in [9.17, 15) is 21.6 Å². The van der Waals surface area contributed by atoms with Crippen LogP contribution >= 0.6 is 0 Å². The molecule has 3 fully saturated rings. The van der Waals surface area contributed by atoms with Crippen molar-refractivity contribution in [2.24, 2.45) is 12.5 Å². The first-order valence-corrected chi connectivity index (χ1v) is 13.0. The Morgan fingerprint density at radius 1 is 0.882 bits per heavy atom. The van der Waals surface area contributed by atoms with Crippen LogP contribution in [-0.4, -0.2) is 28.9 Å². The summed E-state index contributed by atoms with van der Waals surface area (Å²) in [5.74, 6) is 1.02. The molecule has 0 saturated heterocycles. The number of halogens is 3. The second-order valence-electron chi connectivity index (χ2n) is 9.80. The van der Waals surface area contributed by atoms with E-state index in [1.54, 1.807) is 48.0 Å². The smallest absolute Gasteiger partial charge is 0.314 e. The average molecular weight is 490 g/mol. The van der Waals surface area contributed by atoms with Crippen LogP contribution in [0.1, 0.15) is 49.9 Å². The van der Waals surface area contributed by atoms with Gasteiger partial charge in [-0.25, -0.2) is 8.42 Å². The summed E-state index contributed by atoms with van der Waals surface area (Å²) in [4.78, 5) is 0.355. The maximum Gasteiger partial charge on any atom is 0.417 e. The van der Waals surface area contributed by atoms with Crippen molar-refractivity contribution in [2.45, 2.75) is 55.0 Å². The SMILES string of the molecule is Cn1c(-c2ccccc2C(F)(F)F)nnc1C12CCC(CS(=O)(=O)c3ccccc3)(CC1)CC2. The highest BCUT2D eigenvalue weighted by Crippen LogP contribution is 2.58. The van der Waals surface area contributed by atoms with Crippen LogP contribution in [0.3, 0.4) is 0 Å². The molecule has 0 unspecified atom stereocenters. The van der Waals surface area contributed by atoms with E-state index in [0.717, 1.165) is 44.6 Å². The van der Waals surface area contributed by atoms with Crippen LogP contribution in [0.15, 0.2) is 59.5 Å². The molecular formula is C25H26F3N3O2S. The molecule has 3 saturated carbocycles. The number of fused-ring (bicyclic) bond motifs is 3. The van der Waals surface area contributed by atoms with E-state index in [0.29, 0.717) is 10.7 Å². The van der Waals surface area contributed by atoms with Gasteiger partial charge in [0.1, 0.15) is 5.82 Å². The van der Waals surface area contributed by atoms with Crippen LogP contribution in [0.5, 0.6) is 0 Å². The zero-order valence-corrected chi connectivity index (χ0v) is 19.7. The van der Waals surface area contributed by atoms with Crippen LogP contribution in [0, 0.1) is 5.41 Å². The van der Waals surface area contributed by atoms with Crippen LogP contribution in [0.4, 0.5) is 13.2 Å². The lowest BCUT2D eigenvalue weighted by Crippen LogP contribution is -2.48. The van der Waals surface area contributed by atoms with Gasteiger partial charge in [0, 0.05) is 18.0 Å². The fourth-order valence-corrected chi connectivity index (χ4v) is 7.86. The number of benzene rings is 2. The van der Waals surface area contributed by atoms with Gasteiger partial charge in [-0.2, -0.15) is 13.2 Å². The molecule has 3 aliphatic rings. The third kappa shape index (κ3) is 3.83. The monoisotopic (exact) mass is 489 g/mol. The Hall–Kier alpha value is -2.68. The molecule has 9 heteroatoms. The molecule has 0 amide bonds. The third-order valence-corrected chi connectivity index (χ3v) is 9.81. The molecule has 1 heterocycles. The molecule has 0 radical (unpaired) electrons. The third-order valence-electron chi connectivity index (χ3n) is 7.82. The molecule has 0 atom stereocenters. The highest BCUT2D eigenvalue weighted by atomic mass is 32.2. The number of nitrogens with zero attached hydrogens (tertiary/aromatic N) is 3. The zero-order valence-electron chi connectivity index (χ0n) is 18.8.